The Morgan fingerprint density at radius 3 is 2.32 bits per heavy atom. The summed E-state index contributed by atoms with van der Waals surface area (Å²) in [6.45, 7) is 6.08. The first-order valence-corrected chi connectivity index (χ1v) is 9.73. The molecule has 2 amide bonds. The first kappa shape index (κ1) is 21.4. The van der Waals surface area contributed by atoms with Gasteiger partial charge in [0.05, 0.1) is 0 Å². The van der Waals surface area contributed by atoms with Gasteiger partial charge in [0.25, 0.3) is 11.8 Å². The molecule has 0 atom stereocenters. The summed E-state index contributed by atoms with van der Waals surface area (Å²) in [5.74, 6) is -1.25. The van der Waals surface area contributed by atoms with Crippen LogP contribution in [0.25, 0.3) is 0 Å². The maximum absolute atomic E-state index is 12.3. The molecule has 2 rings (SSSR count). The predicted octanol–water partition coefficient (Wildman–Crippen LogP) is 1.88. The van der Waals surface area contributed by atoms with E-state index in [0.717, 1.165) is 11.3 Å². The van der Waals surface area contributed by atoms with Gasteiger partial charge in [-0.15, -0.1) is 0 Å². The molecule has 0 spiro atoms. The van der Waals surface area contributed by atoms with Gasteiger partial charge in [-0.1, -0.05) is 11.3 Å². The molecule has 0 saturated heterocycles. The van der Waals surface area contributed by atoms with E-state index >= 15 is 0 Å². The number of amides is 2. The molecule has 1 N–H and O–H groups in total. The zero-order valence-corrected chi connectivity index (χ0v) is 16.9. The quantitative estimate of drug-likeness (QED) is 0.677. The van der Waals surface area contributed by atoms with Gasteiger partial charge >= 0.3 is 10.8 Å². The molecule has 150 valence electrons. The van der Waals surface area contributed by atoms with Gasteiger partial charge in [-0.3, -0.25) is 23.7 Å². The first-order valence-electron chi connectivity index (χ1n) is 8.85. The molecule has 0 fully saturated rings. The molecule has 28 heavy (non-hydrogen) atoms. The van der Waals surface area contributed by atoms with Gasteiger partial charge in [-0.25, -0.2) is 0 Å². The van der Waals surface area contributed by atoms with Gasteiger partial charge in [0.1, 0.15) is 6.54 Å². The molecule has 9 heteroatoms. The third kappa shape index (κ3) is 5.53. The standard InChI is InChI=1S/C19H23N3O5S/c1-4-21(5-2)18(25)14-6-8-15(9-7-14)20-16(23)11-27-17(24)10-22-13(3)12-28-19(22)26/h6-9,12H,4-5,10-11H2,1-3H3,(H,20,23). The molecule has 0 unspecified atom stereocenters. The molecule has 1 aromatic carbocycles. The Morgan fingerprint density at radius 2 is 1.79 bits per heavy atom. The van der Waals surface area contributed by atoms with Crippen molar-refractivity contribution in [1.82, 2.24) is 9.47 Å². The topological polar surface area (TPSA) is 97.7 Å². The highest BCUT2D eigenvalue weighted by Gasteiger charge is 2.14. The Morgan fingerprint density at radius 1 is 1.14 bits per heavy atom. The van der Waals surface area contributed by atoms with E-state index in [0.29, 0.717) is 30.0 Å². The number of anilines is 1. The largest absolute Gasteiger partial charge is 0.454 e. The maximum atomic E-state index is 12.3. The van der Waals surface area contributed by atoms with Crippen LogP contribution in [0.5, 0.6) is 0 Å². The number of thiazole rings is 1. The number of esters is 1. The summed E-state index contributed by atoms with van der Waals surface area (Å²) in [6, 6.07) is 6.50. The van der Waals surface area contributed by atoms with Crippen LogP contribution < -0.4 is 10.2 Å². The third-order valence-electron chi connectivity index (χ3n) is 4.09. The van der Waals surface area contributed by atoms with E-state index in [1.54, 1.807) is 41.5 Å². The van der Waals surface area contributed by atoms with Crippen molar-refractivity contribution in [2.24, 2.45) is 0 Å². The second-order valence-electron chi connectivity index (χ2n) is 5.99. The van der Waals surface area contributed by atoms with Crippen LogP contribution >= 0.6 is 11.3 Å². The van der Waals surface area contributed by atoms with Gasteiger partial charge in [0.2, 0.25) is 0 Å². The molecule has 1 heterocycles. The molecule has 0 radical (unpaired) electrons. The number of hydrogen-bond donors (Lipinski definition) is 1. The molecule has 0 aliphatic carbocycles. The smallest absolute Gasteiger partial charge is 0.326 e. The Labute approximate surface area is 166 Å². The summed E-state index contributed by atoms with van der Waals surface area (Å²) in [5, 5.41) is 4.24. The van der Waals surface area contributed by atoms with E-state index < -0.39 is 18.5 Å². The van der Waals surface area contributed by atoms with E-state index in [1.807, 2.05) is 13.8 Å². The van der Waals surface area contributed by atoms with Crippen LogP contribution in [-0.4, -0.2) is 46.9 Å². The number of rotatable bonds is 8. The summed E-state index contributed by atoms with van der Waals surface area (Å²) in [7, 11) is 0. The van der Waals surface area contributed by atoms with Crippen molar-refractivity contribution in [3.05, 3.63) is 50.6 Å². The Kier molecular flexibility index (Phi) is 7.51. The van der Waals surface area contributed by atoms with Crippen molar-refractivity contribution in [1.29, 1.82) is 0 Å². The normalized spacial score (nSPS) is 10.4. The van der Waals surface area contributed by atoms with Gasteiger partial charge < -0.3 is 15.0 Å². The molecular formula is C19H23N3O5S. The highest BCUT2D eigenvalue weighted by molar-refractivity contribution is 7.07. The highest BCUT2D eigenvalue weighted by atomic mass is 32.1. The van der Waals surface area contributed by atoms with Crippen LogP contribution in [0.15, 0.2) is 34.4 Å². The number of aryl methyl sites for hydroxylation is 1. The second-order valence-corrected chi connectivity index (χ2v) is 6.81. The molecule has 0 aliphatic rings. The lowest BCUT2D eigenvalue weighted by atomic mass is 10.2. The lowest BCUT2D eigenvalue weighted by molar-refractivity contribution is -0.147. The number of ether oxygens (including phenoxy) is 1. The molecule has 1 aromatic heterocycles. The van der Waals surface area contributed by atoms with E-state index in [4.69, 9.17) is 4.74 Å². The van der Waals surface area contributed by atoms with Crippen molar-refractivity contribution < 1.29 is 19.1 Å². The lowest BCUT2D eigenvalue weighted by Crippen LogP contribution is -2.30. The molecular weight excluding hydrogens is 382 g/mol. The fraction of sp³-hybridized carbons (Fsp3) is 0.368. The van der Waals surface area contributed by atoms with Crippen LogP contribution in [0.1, 0.15) is 29.9 Å². The summed E-state index contributed by atoms with van der Waals surface area (Å²) in [5.41, 5.74) is 1.68. The number of aromatic nitrogens is 1. The van der Waals surface area contributed by atoms with Crippen molar-refractivity contribution in [3.63, 3.8) is 0 Å². The van der Waals surface area contributed by atoms with Crippen LogP contribution in [0.4, 0.5) is 5.69 Å². The van der Waals surface area contributed by atoms with E-state index in [2.05, 4.69) is 5.32 Å². The van der Waals surface area contributed by atoms with Crippen LogP contribution in [0, 0.1) is 6.92 Å². The zero-order chi connectivity index (χ0) is 20.7. The van der Waals surface area contributed by atoms with E-state index in [-0.39, 0.29) is 17.3 Å². The summed E-state index contributed by atoms with van der Waals surface area (Å²) >= 11 is 1.00. The number of carbonyl (C=O) groups excluding carboxylic acids is 3. The molecule has 8 nitrogen and oxygen atoms in total. The van der Waals surface area contributed by atoms with Gasteiger partial charge in [-0.05, 0) is 45.0 Å². The Bertz CT molecular complexity index is 897. The molecule has 2 aromatic rings. The lowest BCUT2D eigenvalue weighted by Gasteiger charge is -2.18. The van der Waals surface area contributed by atoms with Crippen LogP contribution in [-0.2, 0) is 20.9 Å². The van der Waals surface area contributed by atoms with Crippen molar-refractivity contribution in [3.8, 4) is 0 Å². The van der Waals surface area contributed by atoms with E-state index in [1.165, 1.54) is 4.57 Å². The summed E-state index contributed by atoms with van der Waals surface area (Å²) < 4.78 is 6.20. The zero-order valence-electron chi connectivity index (χ0n) is 16.1. The SMILES string of the molecule is CCN(CC)C(=O)c1ccc(NC(=O)COC(=O)Cn2c(C)csc2=O)cc1. The molecule has 0 aliphatic heterocycles. The fourth-order valence-electron chi connectivity index (χ4n) is 2.50. The number of benzene rings is 1. The average Bonchev–Trinajstić information content (AvgIpc) is 3.00. The Balaban J connectivity index is 1.85. The van der Waals surface area contributed by atoms with Gasteiger partial charge in [0.15, 0.2) is 6.61 Å². The number of nitrogens with one attached hydrogen (secondary N) is 1. The first-order chi connectivity index (χ1) is 13.3. The minimum atomic E-state index is -0.668. The fourth-order valence-corrected chi connectivity index (χ4v) is 3.24. The maximum Gasteiger partial charge on any atom is 0.326 e. The Hall–Kier alpha value is -2.94. The molecule has 0 bridgehead atoms. The minimum Gasteiger partial charge on any atom is -0.454 e. The minimum absolute atomic E-state index is 0.0734. The van der Waals surface area contributed by atoms with Crippen molar-refractivity contribution in [2.75, 3.05) is 25.0 Å². The van der Waals surface area contributed by atoms with Crippen molar-refractivity contribution >= 4 is 34.8 Å². The third-order valence-corrected chi connectivity index (χ3v) is 4.98. The molecule has 0 saturated carbocycles. The number of carbonyl (C=O) groups is 3. The summed E-state index contributed by atoms with van der Waals surface area (Å²) in [4.78, 5) is 49.0. The summed E-state index contributed by atoms with van der Waals surface area (Å²) in [6.07, 6.45) is 0. The highest BCUT2D eigenvalue weighted by Crippen LogP contribution is 2.12. The predicted molar refractivity (Wildman–Crippen MR) is 107 cm³/mol. The number of nitrogens with zero attached hydrogens (tertiary/aromatic N) is 2. The van der Waals surface area contributed by atoms with Gasteiger partial charge in [-0.2, -0.15) is 0 Å². The second kappa shape index (κ2) is 9.84. The van der Waals surface area contributed by atoms with Crippen LogP contribution in [0.3, 0.4) is 0 Å². The monoisotopic (exact) mass is 405 g/mol. The average molecular weight is 405 g/mol. The number of hydrogen-bond acceptors (Lipinski definition) is 6. The van der Waals surface area contributed by atoms with Crippen molar-refractivity contribution in [2.45, 2.75) is 27.3 Å². The van der Waals surface area contributed by atoms with Crippen LogP contribution in [0.2, 0.25) is 0 Å². The van der Waals surface area contributed by atoms with Gasteiger partial charge in [0, 0.05) is 35.4 Å². The van der Waals surface area contributed by atoms with E-state index in [9.17, 15) is 19.2 Å².